The average Bonchev–Trinajstić information content (AvgIpc) is 2.94. The van der Waals surface area contributed by atoms with Crippen molar-refractivity contribution in [1.29, 1.82) is 0 Å². The van der Waals surface area contributed by atoms with Crippen molar-refractivity contribution in [3.05, 3.63) is 48.8 Å². The van der Waals surface area contributed by atoms with Gasteiger partial charge in [-0.25, -0.2) is 18.1 Å². The molecule has 102 valence electrons. The van der Waals surface area contributed by atoms with Crippen LogP contribution >= 0.6 is 0 Å². The van der Waals surface area contributed by atoms with Crippen molar-refractivity contribution in [3.63, 3.8) is 0 Å². The van der Waals surface area contributed by atoms with Gasteiger partial charge in [0.25, 0.3) is 0 Å². The van der Waals surface area contributed by atoms with E-state index in [2.05, 4.69) is 14.7 Å². The van der Waals surface area contributed by atoms with E-state index in [0.29, 0.717) is 0 Å². The maximum Gasteiger partial charge on any atom is 0.240 e. The van der Waals surface area contributed by atoms with Crippen molar-refractivity contribution in [2.45, 2.75) is 4.90 Å². The van der Waals surface area contributed by atoms with Gasteiger partial charge in [-0.3, -0.25) is 0 Å². The van der Waals surface area contributed by atoms with E-state index in [0.717, 1.165) is 22.2 Å². The lowest BCUT2D eigenvalue weighted by atomic mass is 10.1. The molecule has 0 aliphatic rings. The summed E-state index contributed by atoms with van der Waals surface area (Å²) in [5.74, 6) is 0. The second-order valence-corrected chi connectivity index (χ2v) is 6.26. The predicted octanol–water partition coefficient (Wildman–Crippen LogP) is 2.14. The Morgan fingerprint density at radius 3 is 2.55 bits per heavy atom. The first-order valence-corrected chi connectivity index (χ1v) is 7.55. The standard InChI is InChI=1S/C14H13N3O2S/c1-15-20(18,19)13-4-2-10(3-5-13)12-8-11-6-7-16-14(11)17-9-12/h2-9,15H,1H3,(H,16,17). The maximum atomic E-state index is 11.7. The quantitative estimate of drug-likeness (QED) is 0.775. The molecule has 0 radical (unpaired) electrons. The molecule has 0 bridgehead atoms. The van der Waals surface area contributed by atoms with Crippen LogP contribution in [0.15, 0.2) is 53.7 Å². The molecule has 2 N–H and O–H groups in total. The lowest BCUT2D eigenvalue weighted by Gasteiger charge is -2.05. The predicted molar refractivity (Wildman–Crippen MR) is 77.8 cm³/mol. The van der Waals surface area contributed by atoms with E-state index >= 15 is 0 Å². The number of hydrogen-bond donors (Lipinski definition) is 2. The van der Waals surface area contributed by atoms with Crippen LogP contribution in [0.3, 0.4) is 0 Å². The summed E-state index contributed by atoms with van der Waals surface area (Å²) < 4.78 is 25.6. The first-order valence-electron chi connectivity index (χ1n) is 6.07. The SMILES string of the molecule is CNS(=O)(=O)c1ccc(-c2cnc3[nH]ccc3c2)cc1. The highest BCUT2D eigenvalue weighted by atomic mass is 32.2. The van der Waals surface area contributed by atoms with Crippen molar-refractivity contribution in [2.75, 3.05) is 7.05 Å². The van der Waals surface area contributed by atoms with Gasteiger partial charge in [0.2, 0.25) is 10.0 Å². The fourth-order valence-electron chi connectivity index (χ4n) is 2.04. The molecule has 0 saturated carbocycles. The Bertz CT molecular complexity index is 852. The number of rotatable bonds is 3. The zero-order chi connectivity index (χ0) is 14.2. The number of benzene rings is 1. The van der Waals surface area contributed by atoms with E-state index in [9.17, 15) is 8.42 Å². The average molecular weight is 287 g/mol. The molecule has 0 aliphatic heterocycles. The van der Waals surface area contributed by atoms with Crippen molar-refractivity contribution in [1.82, 2.24) is 14.7 Å². The van der Waals surface area contributed by atoms with Gasteiger partial charge >= 0.3 is 0 Å². The zero-order valence-corrected chi connectivity index (χ0v) is 11.6. The highest BCUT2D eigenvalue weighted by Crippen LogP contribution is 2.23. The minimum absolute atomic E-state index is 0.249. The minimum Gasteiger partial charge on any atom is -0.346 e. The van der Waals surface area contributed by atoms with Crippen LogP contribution in [0.4, 0.5) is 0 Å². The van der Waals surface area contributed by atoms with Gasteiger partial charge in [0.15, 0.2) is 0 Å². The van der Waals surface area contributed by atoms with Crippen LogP contribution in [0.5, 0.6) is 0 Å². The van der Waals surface area contributed by atoms with Gasteiger partial charge < -0.3 is 4.98 Å². The molecule has 3 rings (SSSR count). The summed E-state index contributed by atoms with van der Waals surface area (Å²) in [5, 5.41) is 1.02. The second kappa shape index (κ2) is 4.73. The van der Waals surface area contributed by atoms with Gasteiger partial charge in [0.1, 0.15) is 5.65 Å². The monoisotopic (exact) mass is 287 g/mol. The Balaban J connectivity index is 2.02. The molecule has 1 aromatic carbocycles. The van der Waals surface area contributed by atoms with Gasteiger partial charge in [0, 0.05) is 23.3 Å². The molecule has 6 heteroatoms. The molecular formula is C14H13N3O2S. The second-order valence-electron chi connectivity index (χ2n) is 4.37. The summed E-state index contributed by atoms with van der Waals surface area (Å²) >= 11 is 0. The fourth-order valence-corrected chi connectivity index (χ4v) is 2.77. The number of pyridine rings is 1. The van der Waals surface area contributed by atoms with E-state index < -0.39 is 10.0 Å². The molecule has 2 aromatic heterocycles. The minimum atomic E-state index is -3.39. The smallest absolute Gasteiger partial charge is 0.240 e. The first kappa shape index (κ1) is 12.8. The van der Waals surface area contributed by atoms with Crippen LogP contribution in [0.2, 0.25) is 0 Å². The Morgan fingerprint density at radius 1 is 1.10 bits per heavy atom. The van der Waals surface area contributed by atoms with Gasteiger partial charge in [-0.1, -0.05) is 12.1 Å². The number of nitrogens with one attached hydrogen (secondary N) is 2. The van der Waals surface area contributed by atoms with E-state index in [1.807, 2.05) is 18.3 Å². The first-order chi connectivity index (χ1) is 9.60. The Labute approximate surface area is 116 Å². The van der Waals surface area contributed by atoms with Crippen molar-refractivity contribution in [2.24, 2.45) is 0 Å². The number of aromatic amines is 1. The number of nitrogens with zero attached hydrogens (tertiary/aromatic N) is 1. The maximum absolute atomic E-state index is 11.7. The molecule has 0 fully saturated rings. The fraction of sp³-hybridized carbons (Fsp3) is 0.0714. The molecule has 0 amide bonds. The molecular weight excluding hydrogens is 274 g/mol. The molecule has 0 saturated heterocycles. The molecule has 0 spiro atoms. The molecule has 0 atom stereocenters. The summed E-state index contributed by atoms with van der Waals surface area (Å²) in [5.41, 5.74) is 2.71. The lowest BCUT2D eigenvalue weighted by molar-refractivity contribution is 0.588. The van der Waals surface area contributed by atoms with E-state index in [1.165, 1.54) is 7.05 Å². The van der Waals surface area contributed by atoms with Crippen LogP contribution < -0.4 is 4.72 Å². The number of fused-ring (bicyclic) bond motifs is 1. The summed E-state index contributed by atoms with van der Waals surface area (Å²) in [6.45, 7) is 0. The third-order valence-electron chi connectivity index (χ3n) is 3.17. The summed E-state index contributed by atoms with van der Waals surface area (Å²) in [6, 6.07) is 10.7. The molecule has 2 heterocycles. The van der Waals surface area contributed by atoms with E-state index in [1.54, 1.807) is 30.5 Å². The number of aromatic nitrogens is 2. The van der Waals surface area contributed by atoms with E-state index in [4.69, 9.17) is 0 Å². The van der Waals surface area contributed by atoms with Crippen LogP contribution in [-0.4, -0.2) is 25.4 Å². The van der Waals surface area contributed by atoms with Gasteiger partial charge in [0.05, 0.1) is 4.90 Å². The van der Waals surface area contributed by atoms with Crippen molar-refractivity contribution >= 4 is 21.1 Å². The van der Waals surface area contributed by atoms with Crippen LogP contribution in [0.25, 0.3) is 22.2 Å². The Hall–Kier alpha value is -2.18. The Morgan fingerprint density at radius 2 is 1.85 bits per heavy atom. The summed E-state index contributed by atoms with van der Waals surface area (Å²) in [4.78, 5) is 7.60. The zero-order valence-electron chi connectivity index (χ0n) is 10.8. The molecule has 5 nitrogen and oxygen atoms in total. The summed E-state index contributed by atoms with van der Waals surface area (Å²) in [7, 11) is -2.00. The normalized spacial score (nSPS) is 11.8. The third-order valence-corrected chi connectivity index (χ3v) is 4.60. The molecule has 0 unspecified atom stereocenters. The van der Waals surface area contributed by atoms with Crippen molar-refractivity contribution < 1.29 is 8.42 Å². The number of H-pyrrole nitrogens is 1. The topological polar surface area (TPSA) is 74.8 Å². The molecule has 3 aromatic rings. The molecule has 20 heavy (non-hydrogen) atoms. The lowest BCUT2D eigenvalue weighted by Crippen LogP contribution is -2.18. The number of hydrogen-bond acceptors (Lipinski definition) is 3. The van der Waals surface area contributed by atoms with Crippen LogP contribution in [0.1, 0.15) is 0 Å². The highest BCUT2D eigenvalue weighted by Gasteiger charge is 2.11. The van der Waals surface area contributed by atoms with Gasteiger partial charge in [-0.2, -0.15) is 0 Å². The van der Waals surface area contributed by atoms with Crippen LogP contribution in [0, 0.1) is 0 Å². The Kier molecular flexibility index (Phi) is 3.04. The number of sulfonamides is 1. The molecule has 0 aliphatic carbocycles. The highest BCUT2D eigenvalue weighted by molar-refractivity contribution is 7.89. The van der Waals surface area contributed by atoms with E-state index in [-0.39, 0.29) is 4.90 Å². The van der Waals surface area contributed by atoms with Gasteiger partial charge in [-0.15, -0.1) is 0 Å². The van der Waals surface area contributed by atoms with Crippen molar-refractivity contribution in [3.8, 4) is 11.1 Å². The third kappa shape index (κ3) is 2.19. The van der Waals surface area contributed by atoms with Crippen LogP contribution in [-0.2, 0) is 10.0 Å². The summed E-state index contributed by atoms with van der Waals surface area (Å²) in [6.07, 6.45) is 3.60. The largest absolute Gasteiger partial charge is 0.346 e. The van der Waals surface area contributed by atoms with Gasteiger partial charge in [-0.05, 0) is 36.9 Å².